The molecule has 1 atom stereocenters. The van der Waals surface area contributed by atoms with Gasteiger partial charge in [-0.05, 0) is 45.6 Å². The Morgan fingerprint density at radius 2 is 1.68 bits per heavy atom. The van der Waals surface area contributed by atoms with Gasteiger partial charge in [-0.15, -0.1) is 0 Å². The first-order valence-electron chi connectivity index (χ1n) is 5.77. The Hall–Kier alpha value is -1.14. The molecule has 0 spiro atoms. The predicted molar refractivity (Wildman–Crippen MR) is 66.1 cm³/mol. The molecule has 1 aromatic carbocycles. The second-order valence-corrected chi connectivity index (χ2v) is 5.26. The van der Waals surface area contributed by atoms with E-state index in [1.54, 1.807) is 14.1 Å². The predicted octanol–water partition coefficient (Wildman–Crippen LogP) is 3.18. The van der Waals surface area contributed by atoms with Crippen molar-refractivity contribution < 1.29 is 17.6 Å². The molecule has 0 aromatic heterocycles. The van der Waals surface area contributed by atoms with Crippen molar-refractivity contribution in [3.8, 4) is 0 Å². The van der Waals surface area contributed by atoms with Gasteiger partial charge in [-0.25, -0.2) is 4.39 Å². The van der Waals surface area contributed by atoms with Crippen LogP contribution in [0.15, 0.2) is 18.2 Å². The lowest BCUT2D eigenvalue weighted by molar-refractivity contribution is -0.140. The zero-order chi connectivity index (χ0) is 15.0. The monoisotopic (exact) mass is 278 g/mol. The number of rotatable bonds is 3. The van der Waals surface area contributed by atoms with Gasteiger partial charge in [-0.1, -0.05) is 6.07 Å². The van der Waals surface area contributed by atoms with Gasteiger partial charge in [0.1, 0.15) is 5.82 Å². The zero-order valence-corrected chi connectivity index (χ0v) is 11.3. The Bertz CT molecular complexity index is 452. The number of hydrogen-bond donors (Lipinski definition) is 1. The molecule has 0 aliphatic heterocycles. The minimum absolute atomic E-state index is 0.337. The van der Waals surface area contributed by atoms with Crippen LogP contribution in [-0.2, 0) is 6.18 Å². The maximum atomic E-state index is 13.5. The second-order valence-electron chi connectivity index (χ2n) is 5.26. The normalized spacial score (nSPS) is 14.8. The summed E-state index contributed by atoms with van der Waals surface area (Å²) in [5.74, 6) is -1.30. The van der Waals surface area contributed by atoms with E-state index in [0.29, 0.717) is 5.56 Å². The third kappa shape index (κ3) is 3.25. The fourth-order valence-corrected chi connectivity index (χ4v) is 1.64. The maximum Gasteiger partial charge on any atom is 0.419 e. The highest BCUT2D eigenvalue weighted by Crippen LogP contribution is 2.34. The van der Waals surface area contributed by atoms with E-state index in [-0.39, 0.29) is 0 Å². The highest BCUT2D eigenvalue weighted by atomic mass is 19.4. The van der Waals surface area contributed by atoms with Crippen LogP contribution in [-0.4, -0.2) is 24.5 Å². The van der Waals surface area contributed by atoms with E-state index in [0.717, 1.165) is 12.1 Å². The second kappa shape index (κ2) is 5.09. The fraction of sp³-hybridized carbons (Fsp3) is 0.538. The van der Waals surface area contributed by atoms with Crippen molar-refractivity contribution in [3.05, 3.63) is 35.1 Å². The van der Waals surface area contributed by atoms with Gasteiger partial charge in [0.05, 0.1) is 5.56 Å². The van der Waals surface area contributed by atoms with E-state index in [9.17, 15) is 17.6 Å². The number of nitrogens with zero attached hydrogens (tertiary/aromatic N) is 1. The van der Waals surface area contributed by atoms with Crippen molar-refractivity contribution in [1.29, 1.82) is 0 Å². The molecular formula is C13H18F4N2. The van der Waals surface area contributed by atoms with Crippen LogP contribution in [0.3, 0.4) is 0 Å². The van der Waals surface area contributed by atoms with Gasteiger partial charge < -0.3 is 10.6 Å². The smallest absolute Gasteiger partial charge is 0.322 e. The highest BCUT2D eigenvalue weighted by molar-refractivity contribution is 5.30. The summed E-state index contributed by atoms with van der Waals surface area (Å²) in [5, 5.41) is 0. The molecular weight excluding hydrogens is 260 g/mol. The average molecular weight is 278 g/mol. The Labute approximate surface area is 110 Å². The lowest BCUT2D eigenvalue weighted by Gasteiger charge is -2.38. The van der Waals surface area contributed by atoms with Gasteiger partial charge in [0.15, 0.2) is 0 Å². The molecule has 0 saturated heterocycles. The van der Waals surface area contributed by atoms with E-state index in [4.69, 9.17) is 5.73 Å². The van der Waals surface area contributed by atoms with Crippen molar-refractivity contribution in [2.24, 2.45) is 5.73 Å². The summed E-state index contributed by atoms with van der Waals surface area (Å²) in [5.41, 5.74) is 4.57. The van der Waals surface area contributed by atoms with Crippen LogP contribution in [0.5, 0.6) is 0 Å². The first-order chi connectivity index (χ1) is 8.48. The molecule has 108 valence electrons. The summed E-state index contributed by atoms with van der Waals surface area (Å²) in [6.07, 6.45) is -4.69. The topological polar surface area (TPSA) is 29.3 Å². The van der Waals surface area contributed by atoms with E-state index in [1.165, 1.54) is 6.07 Å². The van der Waals surface area contributed by atoms with Crippen LogP contribution < -0.4 is 5.73 Å². The summed E-state index contributed by atoms with van der Waals surface area (Å²) in [7, 11) is 3.61. The SMILES string of the molecule is CN(C)C(C)(C)C(N)c1ccc(C(F)(F)F)c(F)c1. The van der Waals surface area contributed by atoms with Crippen molar-refractivity contribution in [2.45, 2.75) is 31.6 Å². The Balaban J connectivity index is 3.15. The van der Waals surface area contributed by atoms with E-state index < -0.39 is 29.1 Å². The van der Waals surface area contributed by atoms with Crippen LogP contribution in [0.2, 0.25) is 0 Å². The van der Waals surface area contributed by atoms with Gasteiger partial charge in [0.25, 0.3) is 0 Å². The van der Waals surface area contributed by atoms with Crippen LogP contribution in [0.4, 0.5) is 17.6 Å². The van der Waals surface area contributed by atoms with Crippen LogP contribution >= 0.6 is 0 Å². The first-order valence-corrected chi connectivity index (χ1v) is 5.77. The Morgan fingerprint density at radius 3 is 2.05 bits per heavy atom. The molecule has 1 aromatic rings. The molecule has 0 bridgehead atoms. The fourth-order valence-electron chi connectivity index (χ4n) is 1.64. The van der Waals surface area contributed by atoms with Crippen LogP contribution in [0.25, 0.3) is 0 Å². The lowest BCUT2D eigenvalue weighted by Crippen LogP contribution is -2.47. The number of hydrogen-bond acceptors (Lipinski definition) is 2. The third-order valence-electron chi connectivity index (χ3n) is 3.57. The molecule has 0 aliphatic carbocycles. The minimum Gasteiger partial charge on any atom is -0.322 e. The van der Waals surface area contributed by atoms with E-state index >= 15 is 0 Å². The third-order valence-corrected chi connectivity index (χ3v) is 3.57. The average Bonchev–Trinajstić information content (AvgIpc) is 2.25. The van der Waals surface area contributed by atoms with Crippen LogP contribution in [0.1, 0.15) is 31.0 Å². The minimum atomic E-state index is -4.69. The van der Waals surface area contributed by atoms with Crippen molar-refractivity contribution >= 4 is 0 Å². The van der Waals surface area contributed by atoms with Crippen molar-refractivity contribution in [2.75, 3.05) is 14.1 Å². The summed E-state index contributed by atoms with van der Waals surface area (Å²) in [6, 6.07) is 2.22. The van der Waals surface area contributed by atoms with Gasteiger partial charge >= 0.3 is 6.18 Å². The highest BCUT2D eigenvalue weighted by Gasteiger charge is 2.35. The summed E-state index contributed by atoms with van der Waals surface area (Å²) in [4.78, 5) is 1.84. The number of likely N-dealkylation sites (N-methyl/N-ethyl adjacent to an activating group) is 1. The molecule has 6 heteroatoms. The molecule has 0 heterocycles. The quantitative estimate of drug-likeness (QED) is 0.860. The number of benzene rings is 1. The summed E-state index contributed by atoms with van der Waals surface area (Å²) >= 11 is 0. The van der Waals surface area contributed by atoms with Crippen molar-refractivity contribution in [3.63, 3.8) is 0 Å². The molecule has 0 saturated carbocycles. The molecule has 0 amide bonds. The standard InChI is InChI=1S/C13H18F4N2/c1-12(2,19(3)4)11(18)8-5-6-9(10(14)7-8)13(15,16)17/h5-7,11H,18H2,1-4H3. The molecule has 1 unspecified atom stereocenters. The Morgan fingerprint density at radius 1 is 1.16 bits per heavy atom. The summed E-state index contributed by atoms with van der Waals surface area (Å²) < 4.78 is 50.9. The van der Waals surface area contributed by atoms with Gasteiger partial charge in [0.2, 0.25) is 0 Å². The molecule has 0 fully saturated rings. The number of halogens is 4. The molecule has 0 radical (unpaired) electrons. The molecule has 0 aliphatic rings. The lowest BCUT2D eigenvalue weighted by atomic mass is 9.88. The van der Waals surface area contributed by atoms with Crippen molar-refractivity contribution in [1.82, 2.24) is 4.90 Å². The zero-order valence-electron chi connectivity index (χ0n) is 11.3. The largest absolute Gasteiger partial charge is 0.419 e. The molecule has 19 heavy (non-hydrogen) atoms. The first kappa shape index (κ1) is 15.9. The Kier molecular flexibility index (Phi) is 4.27. The van der Waals surface area contributed by atoms with Gasteiger partial charge in [-0.3, -0.25) is 0 Å². The molecule has 2 nitrogen and oxygen atoms in total. The van der Waals surface area contributed by atoms with Gasteiger partial charge in [0, 0.05) is 11.6 Å². The molecule has 1 rings (SSSR count). The molecule has 2 N–H and O–H groups in total. The maximum absolute atomic E-state index is 13.5. The van der Waals surface area contributed by atoms with E-state index in [1.807, 2.05) is 18.7 Å². The summed E-state index contributed by atoms with van der Waals surface area (Å²) in [6.45, 7) is 3.68. The van der Waals surface area contributed by atoms with E-state index in [2.05, 4.69) is 0 Å². The van der Waals surface area contributed by atoms with Gasteiger partial charge in [-0.2, -0.15) is 13.2 Å². The number of nitrogens with two attached hydrogens (primary N) is 1. The number of alkyl halides is 3. The van der Waals surface area contributed by atoms with Crippen LogP contribution in [0, 0.1) is 5.82 Å².